The third-order valence-corrected chi connectivity index (χ3v) is 4.84. The largest absolute Gasteiger partial charge is 0.497 e. The quantitative estimate of drug-likeness (QED) is 0.806. The molecule has 25 heavy (non-hydrogen) atoms. The van der Waals surface area contributed by atoms with Crippen molar-refractivity contribution in [2.45, 2.75) is 25.9 Å². The van der Waals surface area contributed by atoms with Crippen LogP contribution in [0, 0.1) is 0 Å². The SMILES string of the molecule is COCCn1c2c(ccc1=O)CCN(Cc1ccc(OC)cc1)CC2. The Hall–Kier alpha value is -2.11. The van der Waals surface area contributed by atoms with Crippen LogP contribution in [0.15, 0.2) is 41.2 Å². The normalized spacial score (nSPS) is 14.8. The zero-order valence-corrected chi connectivity index (χ0v) is 15.0. The second kappa shape index (κ2) is 8.32. The van der Waals surface area contributed by atoms with Crippen LogP contribution in [0.2, 0.25) is 0 Å². The van der Waals surface area contributed by atoms with Gasteiger partial charge in [0, 0.05) is 51.5 Å². The van der Waals surface area contributed by atoms with E-state index in [9.17, 15) is 4.79 Å². The Morgan fingerprint density at radius 2 is 1.76 bits per heavy atom. The second-order valence-corrected chi connectivity index (χ2v) is 6.41. The van der Waals surface area contributed by atoms with Crippen molar-refractivity contribution >= 4 is 0 Å². The van der Waals surface area contributed by atoms with Crippen molar-refractivity contribution < 1.29 is 9.47 Å². The van der Waals surface area contributed by atoms with Crippen LogP contribution in [0.1, 0.15) is 16.8 Å². The van der Waals surface area contributed by atoms with Gasteiger partial charge in [-0.3, -0.25) is 9.69 Å². The lowest BCUT2D eigenvalue weighted by molar-refractivity contribution is 0.185. The molecule has 0 radical (unpaired) electrons. The number of ether oxygens (including phenoxy) is 2. The van der Waals surface area contributed by atoms with E-state index in [-0.39, 0.29) is 5.56 Å². The highest BCUT2D eigenvalue weighted by Crippen LogP contribution is 2.18. The highest BCUT2D eigenvalue weighted by atomic mass is 16.5. The Labute approximate surface area is 148 Å². The van der Waals surface area contributed by atoms with Crippen molar-refractivity contribution in [3.05, 3.63) is 63.6 Å². The van der Waals surface area contributed by atoms with Crippen LogP contribution in [0.5, 0.6) is 5.75 Å². The summed E-state index contributed by atoms with van der Waals surface area (Å²) in [6.45, 7) is 4.06. The Bertz CT molecular complexity index is 753. The first-order chi connectivity index (χ1) is 12.2. The molecule has 0 saturated heterocycles. The number of hydrogen-bond acceptors (Lipinski definition) is 4. The maximum atomic E-state index is 12.2. The van der Waals surface area contributed by atoms with Gasteiger partial charge in [-0.05, 0) is 29.7 Å². The van der Waals surface area contributed by atoms with Gasteiger partial charge in [0.1, 0.15) is 5.75 Å². The first-order valence-corrected chi connectivity index (χ1v) is 8.77. The zero-order valence-electron chi connectivity index (χ0n) is 15.0. The number of fused-ring (bicyclic) bond motifs is 1. The van der Waals surface area contributed by atoms with E-state index in [2.05, 4.69) is 17.0 Å². The van der Waals surface area contributed by atoms with Crippen molar-refractivity contribution in [1.82, 2.24) is 9.47 Å². The van der Waals surface area contributed by atoms with Crippen LogP contribution < -0.4 is 10.3 Å². The number of hydrogen-bond donors (Lipinski definition) is 0. The van der Waals surface area contributed by atoms with E-state index in [0.717, 1.165) is 38.2 Å². The number of nitrogens with zero attached hydrogens (tertiary/aromatic N) is 2. The molecule has 2 aromatic rings. The summed E-state index contributed by atoms with van der Waals surface area (Å²) in [5.74, 6) is 0.884. The van der Waals surface area contributed by atoms with Crippen LogP contribution in [0.3, 0.4) is 0 Å². The molecule has 0 N–H and O–H groups in total. The van der Waals surface area contributed by atoms with Gasteiger partial charge in [0.2, 0.25) is 0 Å². The molecule has 1 aliphatic rings. The molecule has 0 aliphatic carbocycles. The smallest absolute Gasteiger partial charge is 0.250 e. The molecule has 1 aromatic carbocycles. The van der Waals surface area contributed by atoms with Gasteiger partial charge < -0.3 is 14.0 Å². The number of methoxy groups -OCH3 is 2. The molecule has 1 aromatic heterocycles. The topological polar surface area (TPSA) is 43.7 Å². The fourth-order valence-electron chi connectivity index (χ4n) is 3.42. The Balaban J connectivity index is 1.71. The van der Waals surface area contributed by atoms with E-state index < -0.39 is 0 Å². The van der Waals surface area contributed by atoms with Gasteiger partial charge in [0.05, 0.1) is 13.7 Å². The highest BCUT2D eigenvalue weighted by Gasteiger charge is 2.17. The van der Waals surface area contributed by atoms with Crippen molar-refractivity contribution in [2.75, 3.05) is 33.9 Å². The maximum Gasteiger partial charge on any atom is 0.250 e. The number of pyridine rings is 1. The Kier molecular flexibility index (Phi) is 5.89. The molecular weight excluding hydrogens is 316 g/mol. The lowest BCUT2D eigenvalue weighted by Gasteiger charge is -2.20. The Morgan fingerprint density at radius 3 is 2.48 bits per heavy atom. The van der Waals surface area contributed by atoms with Crippen molar-refractivity contribution in [3.8, 4) is 5.75 Å². The van der Waals surface area contributed by atoms with E-state index in [1.54, 1.807) is 20.3 Å². The lowest BCUT2D eigenvalue weighted by Crippen LogP contribution is -2.28. The van der Waals surface area contributed by atoms with Gasteiger partial charge in [0.15, 0.2) is 0 Å². The van der Waals surface area contributed by atoms with Crippen molar-refractivity contribution in [1.29, 1.82) is 0 Å². The molecule has 0 unspecified atom stereocenters. The first kappa shape index (κ1) is 17.7. The maximum absolute atomic E-state index is 12.2. The molecule has 0 spiro atoms. The minimum absolute atomic E-state index is 0.0689. The van der Waals surface area contributed by atoms with Gasteiger partial charge in [-0.15, -0.1) is 0 Å². The van der Waals surface area contributed by atoms with Crippen molar-refractivity contribution in [2.24, 2.45) is 0 Å². The average molecular weight is 342 g/mol. The molecular formula is C20H26N2O3. The molecule has 0 fully saturated rings. The van der Waals surface area contributed by atoms with Gasteiger partial charge in [-0.25, -0.2) is 0 Å². The molecule has 1 aliphatic heterocycles. The molecule has 3 rings (SSSR count). The van der Waals surface area contributed by atoms with E-state index in [0.29, 0.717) is 13.2 Å². The molecule has 2 heterocycles. The van der Waals surface area contributed by atoms with Gasteiger partial charge in [0.25, 0.3) is 5.56 Å². The van der Waals surface area contributed by atoms with Gasteiger partial charge >= 0.3 is 0 Å². The average Bonchev–Trinajstić information content (AvgIpc) is 2.84. The standard InChI is InChI=1S/C20H26N2O3/c1-24-14-13-22-19-10-12-21(11-9-17(19)5-8-20(22)23)15-16-3-6-18(25-2)7-4-16/h3-8H,9-15H2,1-2H3. The third-order valence-electron chi connectivity index (χ3n) is 4.84. The van der Waals surface area contributed by atoms with Crippen LogP contribution in [0.4, 0.5) is 0 Å². The fourth-order valence-corrected chi connectivity index (χ4v) is 3.42. The van der Waals surface area contributed by atoms with Gasteiger partial charge in [-0.1, -0.05) is 18.2 Å². The van der Waals surface area contributed by atoms with Crippen molar-refractivity contribution in [3.63, 3.8) is 0 Å². The third kappa shape index (κ3) is 4.30. The minimum atomic E-state index is 0.0689. The number of benzene rings is 1. The summed E-state index contributed by atoms with van der Waals surface area (Å²) < 4.78 is 12.3. The molecule has 0 amide bonds. The molecule has 5 heteroatoms. The fraction of sp³-hybridized carbons (Fsp3) is 0.450. The predicted octanol–water partition coefficient (Wildman–Crippen LogP) is 2.10. The molecule has 0 saturated carbocycles. The second-order valence-electron chi connectivity index (χ2n) is 6.41. The first-order valence-electron chi connectivity index (χ1n) is 8.77. The number of aromatic nitrogens is 1. The van der Waals surface area contributed by atoms with Crippen LogP contribution in [0.25, 0.3) is 0 Å². The van der Waals surface area contributed by atoms with E-state index in [1.165, 1.54) is 16.8 Å². The van der Waals surface area contributed by atoms with Crippen LogP contribution in [-0.2, 0) is 30.7 Å². The molecule has 5 nitrogen and oxygen atoms in total. The lowest BCUT2D eigenvalue weighted by atomic mass is 10.1. The summed E-state index contributed by atoms with van der Waals surface area (Å²) in [4.78, 5) is 14.7. The minimum Gasteiger partial charge on any atom is -0.497 e. The highest BCUT2D eigenvalue weighted by molar-refractivity contribution is 5.27. The summed E-state index contributed by atoms with van der Waals surface area (Å²) in [6, 6.07) is 11.9. The summed E-state index contributed by atoms with van der Waals surface area (Å²) in [7, 11) is 3.35. The van der Waals surface area contributed by atoms with Gasteiger partial charge in [-0.2, -0.15) is 0 Å². The summed E-state index contributed by atoms with van der Waals surface area (Å²) in [6.07, 6.45) is 1.87. The summed E-state index contributed by atoms with van der Waals surface area (Å²) in [5.41, 5.74) is 3.80. The number of rotatable bonds is 6. The molecule has 0 atom stereocenters. The van der Waals surface area contributed by atoms with E-state index in [4.69, 9.17) is 9.47 Å². The monoisotopic (exact) mass is 342 g/mol. The molecule has 0 bridgehead atoms. The predicted molar refractivity (Wildman–Crippen MR) is 98.3 cm³/mol. The van der Waals surface area contributed by atoms with Crippen LogP contribution in [-0.4, -0.2) is 43.4 Å². The van der Waals surface area contributed by atoms with E-state index >= 15 is 0 Å². The molecule has 134 valence electrons. The Morgan fingerprint density at radius 1 is 1.00 bits per heavy atom. The van der Waals surface area contributed by atoms with Crippen LogP contribution >= 0.6 is 0 Å². The zero-order chi connectivity index (χ0) is 17.6. The van der Waals surface area contributed by atoms with E-state index in [1.807, 2.05) is 22.8 Å². The summed E-state index contributed by atoms with van der Waals surface area (Å²) >= 11 is 0. The summed E-state index contributed by atoms with van der Waals surface area (Å²) in [5, 5.41) is 0.